The molecule has 0 saturated carbocycles. The Morgan fingerprint density at radius 3 is 2.47 bits per heavy atom. The molecule has 0 atom stereocenters. The number of Topliss-reactive ketones (excluding diaryl/α,β-unsaturated/α-hetero) is 1. The number of furan rings is 1. The van der Waals surface area contributed by atoms with Gasteiger partial charge < -0.3 is 18.5 Å². The van der Waals surface area contributed by atoms with Crippen LogP contribution in [0.5, 0.6) is 5.75 Å². The van der Waals surface area contributed by atoms with Crippen molar-refractivity contribution in [2.75, 3.05) is 13.2 Å². The van der Waals surface area contributed by atoms with E-state index in [4.69, 9.17) is 13.9 Å². The minimum Gasteiger partial charge on any atom is -0.494 e. The number of hydrogen-bond acceptors (Lipinski definition) is 5. The van der Waals surface area contributed by atoms with Crippen molar-refractivity contribution in [2.24, 2.45) is 0 Å². The number of halogens is 3. The van der Waals surface area contributed by atoms with Gasteiger partial charge in [-0.05, 0) is 70.2 Å². The van der Waals surface area contributed by atoms with E-state index in [1.165, 1.54) is 12.1 Å². The van der Waals surface area contributed by atoms with Gasteiger partial charge in [0.05, 0.1) is 12.2 Å². The Morgan fingerprint density at radius 1 is 1.03 bits per heavy atom. The van der Waals surface area contributed by atoms with Crippen molar-refractivity contribution in [1.29, 1.82) is 0 Å². The summed E-state index contributed by atoms with van der Waals surface area (Å²) >= 11 is 0. The van der Waals surface area contributed by atoms with E-state index in [0.29, 0.717) is 40.3 Å². The van der Waals surface area contributed by atoms with Gasteiger partial charge in [0.1, 0.15) is 11.3 Å². The van der Waals surface area contributed by atoms with E-state index in [-0.39, 0.29) is 17.0 Å². The molecule has 0 aliphatic heterocycles. The quantitative estimate of drug-likeness (QED) is 0.212. The van der Waals surface area contributed by atoms with Crippen LogP contribution in [0.2, 0.25) is 0 Å². The summed E-state index contributed by atoms with van der Waals surface area (Å²) in [4.78, 5) is 25.6. The summed E-state index contributed by atoms with van der Waals surface area (Å²) in [5, 5.41) is 0.698. The molecule has 0 spiro atoms. The monoisotopic (exact) mass is 499 g/mol. The predicted octanol–water partition coefficient (Wildman–Crippen LogP) is 6.61. The Kier molecular flexibility index (Phi) is 6.67. The number of rotatable bonds is 7. The number of fused-ring (bicyclic) bond motifs is 1. The highest BCUT2D eigenvalue weighted by molar-refractivity contribution is 6.01. The summed E-state index contributed by atoms with van der Waals surface area (Å²) in [6.45, 7) is 6.83. The van der Waals surface area contributed by atoms with Gasteiger partial charge in [0.25, 0.3) is 0 Å². The molecule has 2 aromatic heterocycles. The van der Waals surface area contributed by atoms with E-state index in [2.05, 4.69) is 0 Å². The molecule has 0 radical (unpaired) electrons. The fraction of sp³-hybridized carbons (Fsp3) is 0.259. The van der Waals surface area contributed by atoms with Crippen molar-refractivity contribution in [3.63, 3.8) is 0 Å². The third-order valence-corrected chi connectivity index (χ3v) is 5.90. The summed E-state index contributed by atoms with van der Waals surface area (Å²) < 4.78 is 57.4. The molecule has 0 bridgehead atoms. The van der Waals surface area contributed by atoms with Crippen LogP contribution >= 0.6 is 0 Å². The van der Waals surface area contributed by atoms with Crippen LogP contribution in [0.15, 0.2) is 52.9 Å². The number of alkyl halides is 3. The number of carbonyl (C=O) groups excluding carboxylic acids is 2. The van der Waals surface area contributed by atoms with E-state index in [1.54, 1.807) is 49.6 Å². The summed E-state index contributed by atoms with van der Waals surface area (Å²) in [6.07, 6.45) is -4.49. The van der Waals surface area contributed by atoms with Crippen LogP contribution in [0.3, 0.4) is 0 Å². The average molecular weight is 499 g/mol. The van der Waals surface area contributed by atoms with Gasteiger partial charge in [-0.3, -0.25) is 4.79 Å². The number of ether oxygens (including phenoxy) is 2. The van der Waals surface area contributed by atoms with Crippen LogP contribution in [-0.4, -0.2) is 29.5 Å². The van der Waals surface area contributed by atoms with Crippen LogP contribution < -0.4 is 4.74 Å². The van der Waals surface area contributed by atoms with Crippen molar-refractivity contribution in [3.05, 3.63) is 82.4 Å². The van der Waals surface area contributed by atoms with Gasteiger partial charge >= 0.3 is 12.1 Å². The first kappa shape index (κ1) is 25.1. The van der Waals surface area contributed by atoms with Gasteiger partial charge in [-0.2, -0.15) is 13.2 Å². The van der Waals surface area contributed by atoms with Crippen molar-refractivity contribution in [3.8, 4) is 11.4 Å². The lowest BCUT2D eigenvalue weighted by Gasteiger charge is -2.13. The molecule has 6 nitrogen and oxygen atoms in total. The zero-order chi connectivity index (χ0) is 26.2. The fourth-order valence-corrected chi connectivity index (χ4v) is 4.19. The third kappa shape index (κ3) is 4.73. The largest absolute Gasteiger partial charge is 0.494 e. The highest BCUT2D eigenvalue weighted by Gasteiger charge is 2.31. The molecule has 0 fully saturated rings. The summed E-state index contributed by atoms with van der Waals surface area (Å²) in [5.41, 5.74) is 1.80. The first-order chi connectivity index (χ1) is 17.0. The van der Waals surface area contributed by atoms with Gasteiger partial charge in [-0.1, -0.05) is 6.07 Å². The van der Waals surface area contributed by atoms with Gasteiger partial charge in [-0.15, -0.1) is 0 Å². The van der Waals surface area contributed by atoms with Gasteiger partial charge in [0, 0.05) is 33.6 Å². The Labute approximate surface area is 205 Å². The standard InChI is InChI=1S/C27H24F3NO5/c1-5-34-20-9-10-24-21(13-20)16(3)25(36-24)26(33)35-14-23(32)22-11-15(2)31(17(22)4)19-8-6-7-18(12-19)27(28,29)30/h6-13H,5,14H2,1-4H3. The number of carbonyl (C=O) groups is 2. The number of aromatic nitrogens is 1. The van der Waals surface area contributed by atoms with Gasteiger partial charge in [0.15, 0.2) is 6.61 Å². The molecular formula is C27H24F3NO5. The number of benzene rings is 2. The molecule has 0 saturated heterocycles. The molecule has 36 heavy (non-hydrogen) atoms. The van der Waals surface area contributed by atoms with E-state index in [1.807, 2.05) is 6.92 Å². The predicted molar refractivity (Wildman–Crippen MR) is 127 cm³/mol. The second kappa shape index (κ2) is 9.56. The summed E-state index contributed by atoms with van der Waals surface area (Å²) in [7, 11) is 0. The Morgan fingerprint density at radius 2 is 1.78 bits per heavy atom. The maximum atomic E-state index is 13.2. The molecule has 4 aromatic rings. The maximum absolute atomic E-state index is 13.2. The van der Waals surface area contributed by atoms with Crippen LogP contribution in [0.4, 0.5) is 13.2 Å². The molecule has 2 aromatic carbocycles. The number of ketones is 1. The van der Waals surface area contributed by atoms with Crippen LogP contribution in [0.1, 0.15) is 50.4 Å². The zero-order valence-corrected chi connectivity index (χ0v) is 20.2. The third-order valence-electron chi connectivity index (χ3n) is 5.90. The molecule has 0 aliphatic rings. The molecule has 0 unspecified atom stereocenters. The van der Waals surface area contributed by atoms with E-state index in [0.717, 1.165) is 12.1 Å². The lowest BCUT2D eigenvalue weighted by Crippen LogP contribution is -2.15. The van der Waals surface area contributed by atoms with Crippen molar-refractivity contribution >= 4 is 22.7 Å². The normalized spacial score (nSPS) is 11.6. The average Bonchev–Trinajstić information content (AvgIpc) is 3.32. The molecule has 188 valence electrons. The first-order valence-electron chi connectivity index (χ1n) is 11.2. The molecule has 0 amide bonds. The van der Waals surface area contributed by atoms with Crippen LogP contribution in [0, 0.1) is 20.8 Å². The minimum atomic E-state index is -4.49. The molecule has 2 heterocycles. The Balaban J connectivity index is 1.53. The molecule has 9 heteroatoms. The van der Waals surface area contributed by atoms with E-state index >= 15 is 0 Å². The smallest absolute Gasteiger partial charge is 0.416 e. The highest BCUT2D eigenvalue weighted by Crippen LogP contribution is 2.32. The lowest BCUT2D eigenvalue weighted by molar-refractivity contribution is -0.137. The maximum Gasteiger partial charge on any atom is 0.416 e. The van der Waals surface area contributed by atoms with Crippen LogP contribution in [-0.2, 0) is 10.9 Å². The lowest BCUT2D eigenvalue weighted by atomic mass is 10.1. The van der Waals surface area contributed by atoms with Crippen molar-refractivity contribution < 1.29 is 36.7 Å². The summed E-state index contributed by atoms with van der Waals surface area (Å²) in [6, 6.07) is 11.6. The highest BCUT2D eigenvalue weighted by atomic mass is 19.4. The van der Waals surface area contributed by atoms with Crippen molar-refractivity contribution in [1.82, 2.24) is 4.57 Å². The van der Waals surface area contributed by atoms with Gasteiger partial charge in [-0.25, -0.2) is 4.79 Å². The molecule has 0 aliphatic carbocycles. The van der Waals surface area contributed by atoms with Crippen LogP contribution in [0.25, 0.3) is 16.7 Å². The van der Waals surface area contributed by atoms with Gasteiger partial charge in [0.2, 0.25) is 11.5 Å². The van der Waals surface area contributed by atoms with E-state index < -0.39 is 30.1 Å². The Hall–Kier alpha value is -4.01. The number of aryl methyl sites for hydroxylation is 2. The molecule has 4 rings (SSSR count). The van der Waals surface area contributed by atoms with E-state index in [9.17, 15) is 22.8 Å². The minimum absolute atomic E-state index is 0.0131. The second-order valence-electron chi connectivity index (χ2n) is 8.31. The summed E-state index contributed by atoms with van der Waals surface area (Å²) in [5.74, 6) is -0.648. The first-order valence-corrected chi connectivity index (χ1v) is 11.2. The van der Waals surface area contributed by atoms with Crippen molar-refractivity contribution in [2.45, 2.75) is 33.9 Å². The fourth-order valence-electron chi connectivity index (χ4n) is 4.19. The number of esters is 1. The second-order valence-corrected chi connectivity index (χ2v) is 8.31. The number of hydrogen-bond donors (Lipinski definition) is 0. The topological polar surface area (TPSA) is 70.7 Å². The zero-order valence-electron chi connectivity index (χ0n) is 20.2. The number of nitrogens with zero attached hydrogens (tertiary/aromatic N) is 1. The Bertz CT molecular complexity index is 1460. The SMILES string of the molecule is CCOc1ccc2oc(C(=O)OCC(=O)c3cc(C)n(-c4cccc(C(F)(F)F)c4)c3C)c(C)c2c1. The molecular weight excluding hydrogens is 475 g/mol. The molecule has 0 N–H and O–H groups in total.